The molecule has 218 valence electrons. The zero-order valence-corrected chi connectivity index (χ0v) is 28.8. The molecule has 1 amide bonds. The minimum absolute atomic E-state index is 0.336. The van der Waals surface area contributed by atoms with Crippen molar-refractivity contribution in [1.82, 2.24) is 5.32 Å². The molecule has 0 fully saturated rings. The van der Waals surface area contributed by atoms with Gasteiger partial charge in [0.15, 0.2) is 0 Å². The average Bonchev–Trinajstić information content (AvgIpc) is 2.81. The van der Waals surface area contributed by atoms with Gasteiger partial charge in [-0.25, -0.2) is 0 Å². The van der Waals surface area contributed by atoms with Crippen molar-refractivity contribution in [2.24, 2.45) is 0 Å². The summed E-state index contributed by atoms with van der Waals surface area (Å²) >= 11 is -2.83. The van der Waals surface area contributed by atoms with E-state index in [2.05, 4.69) is 38.2 Å². The molecule has 0 saturated heterocycles. The van der Waals surface area contributed by atoms with Gasteiger partial charge in [-0.2, -0.15) is 0 Å². The summed E-state index contributed by atoms with van der Waals surface area (Å²) in [5.74, 6) is 0.528. The minimum atomic E-state index is -2.83. The van der Waals surface area contributed by atoms with Gasteiger partial charge in [0.2, 0.25) is 0 Å². The second-order valence-electron chi connectivity index (χ2n) is 12.6. The molecule has 7 heteroatoms. The number of benzene rings is 1. The van der Waals surface area contributed by atoms with Crippen LogP contribution in [-0.4, -0.2) is 54.8 Å². The fraction of sp³-hybridized carbons (Fsp3) is 0.742. The predicted molar refractivity (Wildman–Crippen MR) is 160 cm³/mol. The fourth-order valence-corrected chi connectivity index (χ4v) is 21.6. The summed E-state index contributed by atoms with van der Waals surface area (Å²) in [5, 5.41) is 2.78. The van der Waals surface area contributed by atoms with Crippen molar-refractivity contribution in [1.29, 1.82) is 0 Å². The number of methoxy groups -OCH3 is 1. The van der Waals surface area contributed by atoms with Crippen molar-refractivity contribution in [3.05, 3.63) is 23.8 Å². The third-order valence-corrected chi connectivity index (χ3v) is 22.3. The van der Waals surface area contributed by atoms with Crippen LogP contribution >= 0.6 is 0 Å². The maximum absolute atomic E-state index is 13.2. The third-order valence-electron chi connectivity index (χ3n) is 6.68. The number of esters is 1. The Labute approximate surface area is 236 Å². The van der Waals surface area contributed by atoms with Gasteiger partial charge in [0, 0.05) is 0 Å². The standard InChI is InChI=1S/C19H28NO5.3C4H9.Sn/c1-18(2,3)24-16(21)15(20-17(22)25-19(4,5)6)12-13-8-10-14(23-7)11-9-13;3*1-3-4-2;/h8-10,15H,12H2,1-7H3,(H,20,22);3*1,3-4H2,2H3;/t15-;;;;/m0..../s1. The van der Waals surface area contributed by atoms with E-state index in [0.29, 0.717) is 6.42 Å². The molecular formula is C31H55NO5Sn. The topological polar surface area (TPSA) is 73.9 Å². The summed E-state index contributed by atoms with van der Waals surface area (Å²) in [5.41, 5.74) is -0.317. The second-order valence-corrected chi connectivity index (χ2v) is 25.7. The molecule has 0 aliphatic heterocycles. The monoisotopic (exact) mass is 641 g/mol. The molecule has 0 unspecified atom stereocenters. The van der Waals surface area contributed by atoms with Gasteiger partial charge >= 0.3 is 238 Å². The van der Waals surface area contributed by atoms with E-state index in [-0.39, 0.29) is 0 Å². The van der Waals surface area contributed by atoms with E-state index in [1.54, 1.807) is 27.9 Å². The van der Waals surface area contributed by atoms with Crippen molar-refractivity contribution in [2.45, 2.75) is 138 Å². The molecular weight excluding hydrogens is 585 g/mol. The van der Waals surface area contributed by atoms with E-state index in [4.69, 9.17) is 14.2 Å². The van der Waals surface area contributed by atoms with Gasteiger partial charge < -0.3 is 0 Å². The molecule has 0 bridgehead atoms. The zero-order chi connectivity index (χ0) is 29.0. The normalized spacial score (nSPS) is 13.1. The number of amides is 1. The third kappa shape index (κ3) is 12.2. The van der Waals surface area contributed by atoms with Crippen molar-refractivity contribution < 1.29 is 23.8 Å². The Morgan fingerprint density at radius 1 is 0.842 bits per heavy atom. The van der Waals surface area contributed by atoms with Gasteiger partial charge in [-0.05, 0) is 0 Å². The number of ether oxygens (including phenoxy) is 3. The van der Waals surface area contributed by atoms with Crippen LogP contribution in [-0.2, 0) is 20.7 Å². The Hall–Kier alpha value is -1.44. The van der Waals surface area contributed by atoms with Gasteiger partial charge in [0.05, 0.1) is 0 Å². The molecule has 38 heavy (non-hydrogen) atoms. The molecule has 0 aromatic heterocycles. The molecule has 6 nitrogen and oxygen atoms in total. The fourth-order valence-electron chi connectivity index (χ4n) is 4.87. The van der Waals surface area contributed by atoms with Gasteiger partial charge in [0.1, 0.15) is 0 Å². The summed E-state index contributed by atoms with van der Waals surface area (Å²) in [4.78, 5) is 25.8. The van der Waals surface area contributed by atoms with E-state index in [9.17, 15) is 9.59 Å². The van der Waals surface area contributed by atoms with Crippen molar-refractivity contribution in [3.63, 3.8) is 0 Å². The van der Waals surface area contributed by atoms with Crippen molar-refractivity contribution >= 4 is 34.0 Å². The quantitative estimate of drug-likeness (QED) is 0.159. The van der Waals surface area contributed by atoms with Crippen molar-refractivity contribution in [3.8, 4) is 5.75 Å². The SMILES string of the molecule is CCC[CH2][Sn]([CH2]CCC)([CH2]CCC)[c]1cc(C[C@H](NC(=O)OC(C)(C)C)C(=O)OC(C)(C)C)ccc1OC. The van der Waals surface area contributed by atoms with E-state index in [1.807, 2.05) is 26.8 Å². The summed E-state index contributed by atoms with van der Waals surface area (Å²) in [6.45, 7) is 17.7. The first-order valence-corrected chi connectivity index (χ1v) is 22.1. The second kappa shape index (κ2) is 16.0. The zero-order valence-electron chi connectivity index (χ0n) is 25.9. The number of hydrogen-bond acceptors (Lipinski definition) is 5. The molecule has 0 heterocycles. The molecule has 1 aromatic rings. The van der Waals surface area contributed by atoms with Crippen LogP contribution in [0.3, 0.4) is 0 Å². The summed E-state index contributed by atoms with van der Waals surface area (Å²) in [6.07, 6.45) is 7.04. The van der Waals surface area contributed by atoms with Crippen LogP contribution in [0, 0.1) is 0 Å². The molecule has 1 aromatic carbocycles. The van der Waals surface area contributed by atoms with E-state index in [1.165, 1.54) is 55.4 Å². The Balaban J connectivity index is 3.51. The number of hydrogen-bond donors (Lipinski definition) is 1. The van der Waals surface area contributed by atoms with E-state index in [0.717, 1.165) is 11.3 Å². The predicted octanol–water partition coefficient (Wildman–Crippen LogP) is 7.53. The van der Waals surface area contributed by atoms with E-state index >= 15 is 0 Å². The molecule has 1 N–H and O–H groups in total. The Morgan fingerprint density at radius 2 is 1.34 bits per heavy atom. The Kier molecular flexibility index (Phi) is 14.5. The van der Waals surface area contributed by atoms with Gasteiger partial charge in [-0.15, -0.1) is 0 Å². The number of carbonyl (C=O) groups excluding carboxylic acids is 2. The summed E-state index contributed by atoms with van der Waals surface area (Å²) < 4.78 is 22.5. The first kappa shape index (κ1) is 34.6. The van der Waals surface area contributed by atoms with Crippen LogP contribution in [0.1, 0.15) is 106 Å². The Morgan fingerprint density at radius 3 is 1.76 bits per heavy atom. The first-order valence-electron chi connectivity index (χ1n) is 14.6. The number of nitrogens with one attached hydrogen (secondary N) is 1. The Bertz CT molecular complexity index is 850. The summed E-state index contributed by atoms with van der Waals surface area (Å²) in [6, 6.07) is 5.54. The van der Waals surface area contributed by atoms with E-state index < -0.39 is 47.7 Å². The molecule has 0 saturated carbocycles. The number of rotatable bonds is 15. The molecule has 1 atom stereocenters. The van der Waals surface area contributed by atoms with Crippen LogP contribution in [0.4, 0.5) is 4.79 Å². The molecule has 1 rings (SSSR count). The van der Waals surface area contributed by atoms with Crippen LogP contribution < -0.4 is 13.6 Å². The molecule has 0 spiro atoms. The molecule has 0 radical (unpaired) electrons. The number of carbonyl (C=O) groups is 2. The number of alkyl carbamates (subject to hydrolysis) is 1. The first-order chi connectivity index (χ1) is 17.7. The van der Waals surface area contributed by atoms with Gasteiger partial charge in [-0.3, -0.25) is 0 Å². The summed E-state index contributed by atoms with van der Waals surface area (Å²) in [7, 11) is 1.77. The van der Waals surface area contributed by atoms with Crippen LogP contribution in [0.2, 0.25) is 13.3 Å². The van der Waals surface area contributed by atoms with Crippen LogP contribution in [0.25, 0.3) is 0 Å². The number of unbranched alkanes of at least 4 members (excludes halogenated alkanes) is 3. The van der Waals surface area contributed by atoms with Crippen molar-refractivity contribution in [2.75, 3.05) is 7.11 Å². The molecule has 0 aliphatic carbocycles. The maximum atomic E-state index is 13.2. The van der Waals surface area contributed by atoms with Gasteiger partial charge in [0.25, 0.3) is 0 Å². The average molecular weight is 640 g/mol. The van der Waals surface area contributed by atoms with Crippen LogP contribution in [0.5, 0.6) is 5.75 Å². The van der Waals surface area contributed by atoms with Crippen LogP contribution in [0.15, 0.2) is 18.2 Å². The van der Waals surface area contributed by atoms with Gasteiger partial charge in [-0.1, -0.05) is 0 Å². The molecule has 0 aliphatic rings.